The third-order valence-electron chi connectivity index (χ3n) is 3.93. The number of aryl methyl sites for hydroxylation is 1. The van der Waals surface area contributed by atoms with E-state index in [4.69, 9.17) is 5.26 Å². The molecule has 0 aliphatic carbocycles. The Hall–Kier alpha value is -2.91. The molecule has 5 nitrogen and oxygen atoms in total. The van der Waals surface area contributed by atoms with Crippen LogP contribution in [0.25, 0.3) is 0 Å². The zero-order valence-corrected chi connectivity index (χ0v) is 15.6. The van der Waals surface area contributed by atoms with Gasteiger partial charge in [-0.25, -0.2) is 8.42 Å². The maximum Gasteiger partial charge on any atom is 0.254 e. The van der Waals surface area contributed by atoms with Gasteiger partial charge in [-0.05, 0) is 42.3 Å². The first-order valence-electron chi connectivity index (χ1n) is 7.96. The van der Waals surface area contributed by atoms with Crippen molar-refractivity contribution in [2.24, 2.45) is 0 Å². The Kier molecular flexibility index (Phi) is 5.96. The lowest BCUT2D eigenvalue weighted by Gasteiger charge is -2.22. The van der Waals surface area contributed by atoms with Crippen LogP contribution in [0.2, 0.25) is 0 Å². The smallest absolute Gasteiger partial charge is 0.254 e. The maximum atomic E-state index is 13.0. The van der Waals surface area contributed by atoms with Gasteiger partial charge in [-0.1, -0.05) is 24.3 Å². The van der Waals surface area contributed by atoms with Crippen molar-refractivity contribution in [2.75, 3.05) is 12.8 Å². The van der Waals surface area contributed by atoms with Gasteiger partial charge in [0.25, 0.3) is 5.91 Å². The molecule has 0 atom stereocenters. The van der Waals surface area contributed by atoms with E-state index in [1.165, 1.54) is 12.1 Å². The summed E-state index contributed by atoms with van der Waals surface area (Å²) in [5.74, 6) is -0.282. The number of carbonyl (C=O) groups is 1. The highest BCUT2D eigenvalue weighted by atomic mass is 32.2. The Morgan fingerprint density at radius 1 is 1.27 bits per heavy atom. The van der Waals surface area contributed by atoms with Crippen molar-refractivity contribution < 1.29 is 13.2 Å². The van der Waals surface area contributed by atoms with Crippen LogP contribution in [0.15, 0.2) is 60.0 Å². The molecule has 0 fully saturated rings. The fourth-order valence-electron chi connectivity index (χ4n) is 2.57. The Labute approximate surface area is 154 Å². The van der Waals surface area contributed by atoms with Gasteiger partial charge in [0.1, 0.15) is 0 Å². The van der Waals surface area contributed by atoms with Gasteiger partial charge in [-0.3, -0.25) is 4.79 Å². The quantitative estimate of drug-likeness (QED) is 0.734. The molecule has 0 bridgehead atoms. The van der Waals surface area contributed by atoms with Gasteiger partial charge in [0.05, 0.1) is 16.5 Å². The van der Waals surface area contributed by atoms with Crippen molar-refractivity contribution in [1.29, 1.82) is 5.26 Å². The van der Waals surface area contributed by atoms with Crippen LogP contribution in [0.1, 0.15) is 27.0 Å². The summed E-state index contributed by atoms with van der Waals surface area (Å²) < 4.78 is 23.6. The Balaban J connectivity index is 2.39. The highest BCUT2D eigenvalue weighted by molar-refractivity contribution is 7.90. The number of nitriles is 1. The number of sulfone groups is 1. The lowest BCUT2D eigenvalue weighted by atomic mass is 10.1. The molecule has 0 aromatic heterocycles. The van der Waals surface area contributed by atoms with Crippen LogP contribution in [0.4, 0.5) is 0 Å². The van der Waals surface area contributed by atoms with E-state index in [2.05, 4.69) is 12.6 Å². The summed E-state index contributed by atoms with van der Waals surface area (Å²) in [5, 5.41) is 9.03. The van der Waals surface area contributed by atoms with E-state index < -0.39 is 9.84 Å². The van der Waals surface area contributed by atoms with E-state index in [0.29, 0.717) is 29.8 Å². The molecule has 0 unspecified atom stereocenters. The van der Waals surface area contributed by atoms with Gasteiger partial charge in [-0.15, -0.1) is 6.58 Å². The number of amides is 1. The van der Waals surface area contributed by atoms with Gasteiger partial charge < -0.3 is 4.90 Å². The van der Waals surface area contributed by atoms with E-state index in [0.717, 1.165) is 11.8 Å². The molecular weight excluding hydrogens is 348 g/mol. The lowest BCUT2D eigenvalue weighted by molar-refractivity contribution is 0.0761. The van der Waals surface area contributed by atoms with Gasteiger partial charge in [-0.2, -0.15) is 5.26 Å². The van der Waals surface area contributed by atoms with Crippen molar-refractivity contribution in [3.8, 4) is 6.07 Å². The van der Waals surface area contributed by atoms with Gasteiger partial charge in [0.2, 0.25) is 0 Å². The van der Waals surface area contributed by atoms with Gasteiger partial charge >= 0.3 is 0 Å². The molecule has 2 aromatic carbocycles. The van der Waals surface area contributed by atoms with Crippen LogP contribution in [0.3, 0.4) is 0 Å². The van der Waals surface area contributed by atoms with E-state index in [1.54, 1.807) is 42.2 Å². The number of carbonyl (C=O) groups excluding carboxylic acids is 1. The first-order chi connectivity index (χ1) is 12.3. The number of nitrogens with zero attached hydrogens (tertiary/aromatic N) is 2. The number of hydrogen-bond acceptors (Lipinski definition) is 4. The monoisotopic (exact) mass is 368 g/mol. The molecular formula is C20H20N2O3S. The van der Waals surface area contributed by atoms with E-state index in [-0.39, 0.29) is 10.8 Å². The minimum atomic E-state index is -3.41. The zero-order valence-electron chi connectivity index (χ0n) is 14.8. The molecule has 134 valence electrons. The minimum Gasteiger partial charge on any atom is -0.331 e. The largest absolute Gasteiger partial charge is 0.331 e. The predicted octanol–water partition coefficient (Wildman–Crippen LogP) is 3.10. The summed E-state index contributed by atoms with van der Waals surface area (Å²) in [4.78, 5) is 14.7. The zero-order chi connectivity index (χ0) is 19.3. The van der Waals surface area contributed by atoms with Crippen LogP contribution in [-0.4, -0.2) is 32.0 Å². The molecule has 26 heavy (non-hydrogen) atoms. The van der Waals surface area contributed by atoms with Crippen molar-refractivity contribution >= 4 is 15.7 Å². The van der Waals surface area contributed by atoms with Crippen molar-refractivity contribution in [1.82, 2.24) is 4.90 Å². The Morgan fingerprint density at radius 2 is 2.00 bits per heavy atom. The molecule has 1 amide bonds. The SMILES string of the molecule is C=CCN(Cc1cccc(C#N)c1)C(=O)c1cc(S(C)(=O)=O)ccc1C. The topological polar surface area (TPSA) is 78.2 Å². The van der Waals surface area contributed by atoms with Crippen LogP contribution in [0, 0.1) is 18.3 Å². The Morgan fingerprint density at radius 3 is 2.62 bits per heavy atom. The standard InChI is InChI=1S/C20H20N2O3S/c1-4-10-22(14-17-7-5-6-16(11-17)13-21)20(23)19-12-18(26(3,24)25)9-8-15(19)2/h4-9,11-12H,1,10,14H2,2-3H3. The Bertz CT molecular complexity index is 988. The molecule has 0 saturated heterocycles. The molecule has 2 aromatic rings. The molecule has 0 spiro atoms. The van der Waals surface area contributed by atoms with Crippen molar-refractivity contribution in [2.45, 2.75) is 18.4 Å². The molecule has 0 aliphatic rings. The summed E-state index contributed by atoms with van der Waals surface area (Å²) in [5.41, 5.74) is 2.37. The molecule has 0 saturated carbocycles. The van der Waals surface area contributed by atoms with Crippen LogP contribution < -0.4 is 0 Å². The summed E-state index contributed by atoms with van der Waals surface area (Å²) >= 11 is 0. The molecule has 0 radical (unpaired) electrons. The molecule has 2 rings (SSSR count). The summed E-state index contributed by atoms with van der Waals surface area (Å²) in [6, 6.07) is 13.6. The van der Waals surface area contributed by atoms with E-state index in [9.17, 15) is 13.2 Å². The molecule has 6 heteroatoms. The third-order valence-corrected chi connectivity index (χ3v) is 5.04. The van der Waals surface area contributed by atoms with Crippen molar-refractivity contribution in [3.63, 3.8) is 0 Å². The second kappa shape index (κ2) is 7.98. The molecule has 0 N–H and O–H groups in total. The maximum absolute atomic E-state index is 13.0. The highest BCUT2D eigenvalue weighted by Crippen LogP contribution is 2.19. The predicted molar refractivity (Wildman–Crippen MR) is 100 cm³/mol. The highest BCUT2D eigenvalue weighted by Gasteiger charge is 2.19. The summed E-state index contributed by atoms with van der Waals surface area (Å²) in [6.07, 6.45) is 2.72. The van der Waals surface area contributed by atoms with Crippen LogP contribution in [0.5, 0.6) is 0 Å². The minimum absolute atomic E-state index is 0.108. The first kappa shape index (κ1) is 19.4. The van der Waals surface area contributed by atoms with Crippen molar-refractivity contribution in [3.05, 3.63) is 77.4 Å². The lowest BCUT2D eigenvalue weighted by Crippen LogP contribution is -2.31. The average Bonchev–Trinajstić information content (AvgIpc) is 2.60. The fraction of sp³-hybridized carbons (Fsp3) is 0.200. The summed E-state index contributed by atoms with van der Waals surface area (Å²) in [7, 11) is -3.41. The summed E-state index contributed by atoms with van der Waals surface area (Å²) in [6.45, 7) is 6.05. The average molecular weight is 368 g/mol. The van der Waals surface area contributed by atoms with Crippen LogP contribution in [-0.2, 0) is 16.4 Å². The second-order valence-corrected chi connectivity index (χ2v) is 8.05. The van der Waals surface area contributed by atoms with E-state index >= 15 is 0 Å². The third kappa shape index (κ3) is 4.58. The molecule has 0 aliphatic heterocycles. The second-order valence-electron chi connectivity index (χ2n) is 6.04. The first-order valence-corrected chi connectivity index (χ1v) is 9.85. The molecule has 0 heterocycles. The number of benzene rings is 2. The number of hydrogen-bond donors (Lipinski definition) is 0. The number of rotatable bonds is 6. The van der Waals surface area contributed by atoms with Gasteiger partial charge in [0.15, 0.2) is 9.84 Å². The normalized spacial score (nSPS) is 10.8. The van der Waals surface area contributed by atoms with E-state index in [1.807, 2.05) is 6.07 Å². The fourth-order valence-corrected chi connectivity index (χ4v) is 3.21. The van der Waals surface area contributed by atoms with Gasteiger partial charge in [0, 0.05) is 24.9 Å². The van der Waals surface area contributed by atoms with Crippen LogP contribution >= 0.6 is 0 Å².